The van der Waals surface area contributed by atoms with Crippen LogP contribution in [0.1, 0.15) is 24.2 Å². The number of furan rings is 1. The van der Waals surface area contributed by atoms with Crippen LogP contribution in [0, 0.1) is 0 Å². The average molecular weight is 309 g/mol. The number of esters is 1. The van der Waals surface area contributed by atoms with Gasteiger partial charge in [0.05, 0.1) is 17.3 Å². The number of pyridine rings is 1. The van der Waals surface area contributed by atoms with Crippen LogP contribution in [0.25, 0.3) is 22.4 Å². The number of hydrogen-bond acceptors (Lipinski definition) is 5. The summed E-state index contributed by atoms with van der Waals surface area (Å²) in [6, 6.07) is 12.4. The quantitative estimate of drug-likeness (QED) is 0.688. The van der Waals surface area contributed by atoms with Gasteiger partial charge >= 0.3 is 5.97 Å². The predicted molar refractivity (Wildman–Crippen MR) is 85.0 cm³/mol. The minimum absolute atomic E-state index is 0.206. The molecule has 1 atom stereocenters. The Bertz CT molecular complexity index is 868. The van der Waals surface area contributed by atoms with E-state index in [2.05, 4.69) is 4.98 Å². The molecule has 0 radical (unpaired) electrons. The Labute approximate surface area is 132 Å². The molecule has 0 amide bonds. The number of nitrogens with zero attached hydrogens (tertiary/aromatic N) is 1. The van der Waals surface area contributed by atoms with E-state index in [1.807, 2.05) is 18.2 Å². The van der Waals surface area contributed by atoms with Crippen molar-refractivity contribution >= 4 is 22.7 Å². The first-order valence-corrected chi connectivity index (χ1v) is 7.21. The lowest BCUT2D eigenvalue weighted by Crippen LogP contribution is -2.22. The second kappa shape index (κ2) is 6.04. The smallest absolute Gasteiger partial charge is 0.339 e. The number of fused-ring (bicyclic) bond motifs is 1. The number of hydrogen-bond donors (Lipinski definition) is 0. The summed E-state index contributed by atoms with van der Waals surface area (Å²) in [5.74, 6) is -0.202. The Kier molecular flexibility index (Phi) is 3.93. The lowest BCUT2D eigenvalue weighted by atomic mass is 10.1. The molecule has 116 valence electrons. The largest absolute Gasteiger partial charge is 0.463 e. The highest BCUT2D eigenvalue weighted by Gasteiger charge is 2.19. The van der Waals surface area contributed by atoms with E-state index in [9.17, 15) is 9.59 Å². The Morgan fingerprint density at radius 3 is 2.65 bits per heavy atom. The fraction of sp³-hybridized carbons (Fsp3) is 0.167. The van der Waals surface area contributed by atoms with Gasteiger partial charge in [0.25, 0.3) is 0 Å². The summed E-state index contributed by atoms with van der Waals surface area (Å²) in [4.78, 5) is 28.3. The molecule has 0 saturated heterocycles. The summed E-state index contributed by atoms with van der Waals surface area (Å²) in [5.41, 5.74) is 1.55. The summed E-state index contributed by atoms with van der Waals surface area (Å²) in [5, 5.41) is 0.670. The van der Waals surface area contributed by atoms with Crippen molar-refractivity contribution in [1.82, 2.24) is 4.98 Å². The van der Waals surface area contributed by atoms with E-state index in [1.165, 1.54) is 6.92 Å². The molecule has 2 heterocycles. The maximum atomic E-state index is 12.5. The molecule has 3 rings (SSSR count). The van der Waals surface area contributed by atoms with Gasteiger partial charge in [0.15, 0.2) is 17.6 Å². The van der Waals surface area contributed by atoms with Crippen LogP contribution < -0.4 is 0 Å². The number of Topliss-reactive ketones (excluding diaryl/α,β-unsaturated/α-hetero) is 1. The fourth-order valence-corrected chi connectivity index (χ4v) is 2.20. The third-order valence-electron chi connectivity index (χ3n) is 3.57. The van der Waals surface area contributed by atoms with Crippen molar-refractivity contribution in [2.24, 2.45) is 0 Å². The van der Waals surface area contributed by atoms with E-state index in [0.29, 0.717) is 27.9 Å². The summed E-state index contributed by atoms with van der Waals surface area (Å²) in [7, 11) is 0. The zero-order valence-corrected chi connectivity index (χ0v) is 12.8. The minimum Gasteiger partial charge on any atom is -0.463 e. The molecule has 23 heavy (non-hydrogen) atoms. The SMILES string of the molecule is CC(=O)C(C)OC(=O)c1cc(-c2ccco2)nc2ccccc12. The Hall–Kier alpha value is -2.95. The van der Waals surface area contributed by atoms with Crippen LogP contribution >= 0.6 is 0 Å². The molecular formula is C18H15NO4. The number of carbonyl (C=O) groups excluding carboxylic acids is 2. The second-order valence-corrected chi connectivity index (χ2v) is 5.21. The molecule has 0 saturated carbocycles. The van der Waals surface area contributed by atoms with Gasteiger partial charge in [-0.2, -0.15) is 0 Å². The number of aromatic nitrogens is 1. The molecule has 0 aliphatic heterocycles. The highest BCUT2D eigenvalue weighted by atomic mass is 16.5. The van der Waals surface area contributed by atoms with Crippen LogP contribution in [0.15, 0.2) is 53.1 Å². The van der Waals surface area contributed by atoms with Crippen molar-refractivity contribution in [3.05, 3.63) is 54.3 Å². The van der Waals surface area contributed by atoms with Gasteiger partial charge in [-0.15, -0.1) is 0 Å². The monoisotopic (exact) mass is 309 g/mol. The Balaban J connectivity index is 2.10. The topological polar surface area (TPSA) is 69.4 Å². The highest BCUT2D eigenvalue weighted by Crippen LogP contribution is 2.26. The first kappa shape index (κ1) is 15.0. The fourth-order valence-electron chi connectivity index (χ4n) is 2.20. The van der Waals surface area contributed by atoms with Crippen LogP contribution in [0.3, 0.4) is 0 Å². The molecule has 1 unspecified atom stereocenters. The lowest BCUT2D eigenvalue weighted by Gasteiger charge is -2.12. The molecule has 1 aromatic carbocycles. The van der Waals surface area contributed by atoms with Crippen molar-refractivity contribution in [2.75, 3.05) is 0 Å². The maximum Gasteiger partial charge on any atom is 0.339 e. The summed E-state index contributed by atoms with van der Waals surface area (Å²) in [6.07, 6.45) is 0.753. The number of para-hydroxylation sites is 1. The molecule has 0 N–H and O–H groups in total. The van der Waals surface area contributed by atoms with Crippen LogP contribution in [-0.2, 0) is 9.53 Å². The maximum absolute atomic E-state index is 12.5. The summed E-state index contributed by atoms with van der Waals surface area (Å²) < 4.78 is 10.6. The first-order valence-electron chi connectivity index (χ1n) is 7.21. The van der Waals surface area contributed by atoms with Gasteiger partial charge in [-0.3, -0.25) is 4.79 Å². The van der Waals surface area contributed by atoms with Gasteiger partial charge in [-0.25, -0.2) is 9.78 Å². The number of ether oxygens (including phenoxy) is 1. The zero-order valence-electron chi connectivity index (χ0n) is 12.8. The van der Waals surface area contributed by atoms with Gasteiger partial charge in [-0.05, 0) is 38.1 Å². The van der Waals surface area contributed by atoms with Crippen LogP contribution in [0.5, 0.6) is 0 Å². The van der Waals surface area contributed by atoms with Gasteiger partial charge in [0.2, 0.25) is 0 Å². The van der Waals surface area contributed by atoms with Gasteiger partial charge in [-0.1, -0.05) is 18.2 Å². The normalized spacial score (nSPS) is 12.1. The number of ketones is 1. The van der Waals surface area contributed by atoms with Gasteiger partial charge in [0, 0.05) is 5.39 Å². The van der Waals surface area contributed by atoms with E-state index in [0.717, 1.165) is 0 Å². The predicted octanol–water partition coefficient (Wildman–Crippen LogP) is 3.63. The molecule has 0 fully saturated rings. The van der Waals surface area contributed by atoms with Crippen molar-refractivity contribution in [2.45, 2.75) is 20.0 Å². The summed E-state index contributed by atoms with van der Waals surface area (Å²) >= 11 is 0. The molecule has 5 nitrogen and oxygen atoms in total. The number of benzene rings is 1. The van der Waals surface area contributed by atoms with Crippen LogP contribution in [0.2, 0.25) is 0 Å². The van der Waals surface area contributed by atoms with E-state index < -0.39 is 12.1 Å². The Morgan fingerprint density at radius 1 is 1.17 bits per heavy atom. The first-order chi connectivity index (χ1) is 11.1. The molecule has 0 spiro atoms. The van der Waals surface area contributed by atoms with Crippen LogP contribution in [-0.4, -0.2) is 22.8 Å². The molecule has 5 heteroatoms. The second-order valence-electron chi connectivity index (χ2n) is 5.21. The standard InChI is InChI=1S/C18H15NO4/c1-11(20)12(2)23-18(21)14-10-16(17-8-5-9-22-17)19-15-7-4-3-6-13(14)15/h3-10,12H,1-2H3. The number of rotatable bonds is 4. The van der Waals surface area contributed by atoms with Crippen molar-refractivity contribution in [3.8, 4) is 11.5 Å². The highest BCUT2D eigenvalue weighted by molar-refractivity contribution is 6.05. The minimum atomic E-state index is -0.790. The zero-order chi connectivity index (χ0) is 16.4. The van der Waals surface area contributed by atoms with Crippen molar-refractivity contribution < 1.29 is 18.7 Å². The van der Waals surface area contributed by atoms with E-state index in [1.54, 1.807) is 37.5 Å². The van der Waals surface area contributed by atoms with E-state index in [-0.39, 0.29) is 5.78 Å². The molecule has 0 aliphatic carbocycles. The molecule has 2 aromatic heterocycles. The van der Waals surface area contributed by atoms with E-state index in [4.69, 9.17) is 9.15 Å². The molecule has 0 aliphatic rings. The summed E-state index contributed by atoms with van der Waals surface area (Å²) in [6.45, 7) is 2.94. The Morgan fingerprint density at radius 2 is 1.96 bits per heavy atom. The van der Waals surface area contributed by atoms with Gasteiger partial charge < -0.3 is 9.15 Å². The van der Waals surface area contributed by atoms with E-state index >= 15 is 0 Å². The van der Waals surface area contributed by atoms with Gasteiger partial charge in [0.1, 0.15) is 5.69 Å². The van der Waals surface area contributed by atoms with Crippen molar-refractivity contribution in [1.29, 1.82) is 0 Å². The van der Waals surface area contributed by atoms with Crippen molar-refractivity contribution in [3.63, 3.8) is 0 Å². The number of carbonyl (C=O) groups is 2. The molecular weight excluding hydrogens is 294 g/mol. The third-order valence-corrected chi connectivity index (χ3v) is 3.57. The third kappa shape index (κ3) is 2.99. The molecule has 0 bridgehead atoms. The average Bonchev–Trinajstić information content (AvgIpc) is 3.08. The van der Waals surface area contributed by atoms with Crippen LogP contribution in [0.4, 0.5) is 0 Å². The lowest BCUT2D eigenvalue weighted by molar-refractivity contribution is -0.124. The molecule has 3 aromatic rings.